The molecule has 0 aliphatic rings. The normalized spacial score (nSPS) is 14.0. The average Bonchev–Trinajstić information content (AvgIpc) is 3.78. The van der Waals surface area contributed by atoms with Gasteiger partial charge in [0, 0.05) is 31.0 Å². The first-order valence-electron chi connectivity index (χ1n) is 21.8. The third kappa shape index (κ3) is 25.1. The van der Waals surface area contributed by atoms with Crippen molar-refractivity contribution in [2.75, 3.05) is 31.6 Å². The van der Waals surface area contributed by atoms with Gasteiger partial charge < -0.3 is 76.1 Å². The van der Waals surface area contributed by atoms with E-state index >= 15 is 0 Å². The van der Waals surface area contributed by atoms with Crippen molar-refractivity contribution >= 4 is 88.3 Å². The number of nitrogens with one attached hydrogen (secondary N) is 7. The Hall–Kier alpha value is -6.13. The summed E-state index contributed by atoms with van der Waals surface area (Å²) in [6.07, 6.45) is 2.66. The van der Waals surface area contributed by atoms with E-state index in [-0.39, 0.29) is 75.7 Å². The molecule has 8 amide bonds. The summed E-state index contributed by atoms with van der Waals surface area (Å²) in [5, 5.41) is 38.6. The number of amides is 8. The number of guanidine groups is 1. The molecule has 0 saturated carbocycles. The summed E-state index contributed by atoms with van der Waals surface area (Å²) >= 11 is 2.57. The van der Waals surface area contributed by atoms with Gasteiger partial charge in [0.1, 0.15) is 36.3 Å². The number of thiazole rings is 1. The van der Waals surface area contributed by atoms with Gasteiger partial charge in [0.15, 0.2) is 5.96 Å². The molecule has 1 heterocycles. The third-order valence-corrected chi connectivity index (χ3v) is 11.2. The van der Waals surface area contributed by atoms with Gasteiger partial charge in [0.05, 0.1) is 24.0 Å². The van der Waals surface area contributed by atoms with Gasteiger partial charge in [-0.3, -0.25) is 48.1 Å². The lowest BCUT2D eigenvalue weighted by Gasteiger charge is -2.27. The standard InChI is InChI=1S/C40H68N14O12S2/c1-21(2)17-27(34(60)48-20-30(56)49-26(39(65)66)8-6-13-47-40(44)45)53-36(62)24(9-10-29(43)55)51-37(63)25(11-15-67-3)52-38(64)28(19-32(57)58)54-35(61)23(7-4-5-12-41)50-33(59)22(42)18-31-46-14-16-68-31/h14,16,21-28H,4-13,15,17-20,41-42H2,1-3H3,(H2,43,55)(H,48,60)(H,49,56)(H,50,59)(H,51,63)(H,52,64)(H,53,62)(H,54,61)(H,57,58)(H,65,66)(H4,44,45,47)/t22-,23-,24-,25-,26-,27-,28-/m0/s1. The second-order valence-corrected chi connectivity index (χ2v) is 17.9. The van der Waals surface area contributed by atoms with E-state index in [0.29, 0.717) is 17.8 Å². The van der Waals surface area contributed by atoms with Crippen molar-refractivity contribution < 1.29 is 58.2 Å². The molecule has 0 aromatic carbocycles. The van der Waals surface area contributed by atoms with Gasteiger partial charge in [0.2, 0.25) is 47.3 Å². The summed E-state index contributed by atoms with van der Waals surface area (Å²) in [4.78, 5) is 138. The van der Waals surface area contributed by atoms with Crippen LogP contribution in [0.1, 0.15) is 83.1 Å². The molecule has 28 heteroatoms. The topological polar surface area (TPSA) is 451 Å². The molecule has 0 spiro atoms. The quantitative estimate of drug-likeness (QED) is 0.0174. The molecule has 7 atom stereocenters. The second kappa shape index (κ2) is 32.6. The number of thioether (sulfide) groups is 1. The van der Waals surface area contributed by atoms with Crippen LogP contribution in [-0.4, -0.2) is 154 Å². The largest absolute Gasteiger partial charge is 0.481 e. The van der Waals surface area contributed by atoms with Crippen LogP contribution in [0.2, 0.25) is 0 Å². The van der Waals surface area contributed by atoms with Crippen LogP contribution in [0.3, 0.4) is 0 Å². The lowest BCUT2D eigenvalue weighted by molar-refractivity contribution is -0.142. The summed E-state index contributed by atoms with van der Waals surface area (Å²) in [6, 6.07) is -9.71. The van der Waals surface area contributed by atoms with Crippen LogP contribution >= 0.6 is 23.1 Å². The molecule has 1 rings (SSSR count). The van der Waals surface area contributed by atoms with E-state index in [1.165, 1.54) is 23.1 Å². The fraction of sp³-hybridized carbons (Fsp3) is 0.650. The van der Waals surface area contributed by atoms with Gasteiger partial charge in [-0.2, -0.15) is 11.8 Å². The van der Waals surface area contributed by atoms with Gasteiger partial charge >= 0.3 is 11.9 Å². The van der Waals surface area contributed by atoms with E-state index in [4.69, 9.17) is 28.7 Å². The molecular formula is C40H68N14O12S2. The van der Waals surface area contributed by atoms with E-state index < -0.39 is 121 Å². The van der Waals surface area contributed by atoms with Crippen LogP contribution in [0.4, 0.5) is 0 Å². The first-order valence-corrected chi connectivity index (χ1v) is 24.1. The van der Waals surface area contributed by atoms with E-state index in [9.17, 15) is 58.2 Å². The molecule has 19 N–H and O–H groups in total. The molecule has 0 saturated heterocycles. The molecule has 1 aromatic rings. The number of hydrogen-bond donors (Lipinski definition) is 14. The maximum Gasteiger partial charge on any atom is 0.326 e. The number of aromatic nitrogens is 1. The Balaban J connectivity index is 3.26. The summed E-state index contributed by atoms with van der Waals surface area (Å²) < 4.78 is 0. The van der Waals surface area contributed by atoms with Crippen molar-refractivity contribution in [2.45, 2.75) is 127 Å². The summed E-state index contributed by atoms with van der Waals surface area (Å²) in [5.41, 5.74) is 27.6. The number of nitrogens with two attached hydrogens (primary N) is 5. The minimum atomic E-state index is -1.76. The second-order valence-electron chi connectivity index (χ2n) is 16.0. The number of unbranched alkanes of at least 4 members (excludes halogenated alkanes) is 1. The first kappa shape index (κ1) is 59.9. The number of carboxylic acid groups (broad SMARTS) is 2. The molecule has 0 unspecified atom stereocenters. The average molecular weight is 1000 g/mol. The molecule has 0 radical (unpaired) electrons. The molecule has 0 bridgehead atoms. The van der Waals surface area contributed by atoms with E-state index in [2.05, 4.69) is 47.2 Å². The lowest BCUT2D eigenvalue weighted by atomic mass is 10.0. The molecular weight excluding hydrogens is 933 g/mol. The highest BCUT2D eigenvalue weighted by atomic mass is 32.2. The van der Waals surface area contributed by atoms with Crippen LogP contribution in [0, 0.1) is 5.92 Å². The Labute approximate surface area is 402 Å². The number of carboxylic acids is 2. The summed E-state index contributed by atoms with van der Waals surface area (Å²) in [6.45, 7) is 3.20. The Bertz CT molecular complexity index is 1870. The number of rotatable bonds is 35. The van der Waals surface area contributed by atoms with Gasteiger partial charge in [-0.1, -0.05) is 13.8 Å². The molecule has 382 valence electrons. The molecule has 0 aliphatic heterocycles. The zero-order valence-electron chi connectivity index (χ0n) is 38.5. The fourth-order valence-electron chi connectivity index (χ4n) is 6.21. The SMILES string of the molecule is CSCC[C@H](NC(=O)[C@H](CC(=O)O)NC(=O)[C@H](CCCCN)NC(=O)[C@@H](N)Cc1nccs1)C(=O)N[C@@H](CCC(N)=O)C(=O)N[C@@H](CC(C)C)C(=O)NCC(=O)N[C@@H](CCCN=C(N)N)C(=O)O. The van der Waals surface area contributed by atoms with Crippen LogP contribution in [0.5, 0.6) is 0 Å². The zero-order chi connectivity index (χ0) is 51.3. The molecule has 0 aliphatic carbocycles. The molecule has 0 fully saturated rings. The smallest absolute Gasteiger partial charge is 0.326 e. The van der Waals surface area contributed by atoms with E-state index in [0.717, 1.165) is 0 Å². The number of carbonyl (C=O) groups excluding carboxylic acids is 8. The van der Waals surface area contributed by atoms with E-state index in [1.807, 2.05) is 0 Å². The minimum Gasteiger partial charge on any atom is -0.481 e. The van der Waals surface area contributed by atoms with Crippen molar-refractivity contribution in [1.29, 1.82) is 0 Å². The number of aliphatic imine (C=N–C) groups is 1. The Morgan fingerprint density at radius 3 is 1.81 bits per heavy atom. The van der Waals surface area contributed by atoms with Crippen LogP contribution in [0.25, 0.3) is 0 Å². The Kier molecular flexibility index (Phi) is 28.7. The lowest BCUT2D eigenvalue weighted by Crippen LogP contribution is -2.60. The predicted octanol–water partition coefficient (Wildman–Crippen LogP) is -4.16. The number of aliphatic carboxylic acids is 2. The van der Waals surface area contributed by atoms with E-state index in [1.54, 1.807) is 31.7 Å². The molecule has 1 aromatic heterocycles. The Morgan fingerprint density at radius 2 is 1.28 bits per heavy atom. The minimum absolute atomic E-state index is 0.0261. The highest BCUT2D eigenvalue weighted by molar-refractivity contribution is 7.98. The first-order chi connectivity index (χ1) is 32.1. The van der Waals surface area contributed by atoms with Crippen LogP contribution < -0.4 is 65.9 Å². The van der Waals surface area contributed by atoms with Crippen LogP contribution in [0.15, 0.2) is 16.6 Å². The van der Waals surface area contributed by atoms with Crippen molar-refractivity contribution in [3.8, 4) is 0 Å². The predicted molar refractivity (Wildman–Crippen MR) is 252 cm³/mol. The monoisotopic (exact) mass is 1000 g/mol. The number of primary amides is 1. The van der Waals surface area contributed by atoms with Crippen molar-refractivity contribution in [3.05, 3.63) is 16.6 Å². The number of carbonyl (C=O) groups is 10. The van der Waals surface area contributed by atoms with Crippen LogP contribution in [-0.2, 0) is 54.4 Å². The highest BCUT2D eigenvalue weighted by Gasteiger charge is 2.34. The summed E-state index contributed by atoms with van der Waals surface area (Å²) in [7, 11) is 0. The maximum atomic E-state index is 13.9. The number of hydrogen-bond acceptors (Lipinski definition) is 16. The summed E-state index contributed by atoms with van der Waals surface area (Å²) in [5.74, 6) is -10.1. The van der Waals surface area contributed by atoms with Crippen molar-refractivity contribution in [1.82, 2.24) is 42.2 Å². The molecule has 68 heavy (non-hydrogen) atoms. The maximum absolute atomic E-state index is 13.9. The van der Waals surface area contributed by atoms with Crippen molar-refractivity contribution in [3.63, 3.8) is 0 Å². The Morgan fingerprint density at radius 1 is 0.721 bits per heavy atom. The van der Waals surface area contributed by atoms with Gasteiger partial charge in [-0.05, 0) is 75.8 Å². The van der Waals surface area contributed by atoms with Gasteiger partial charge in [-0.25, -0.2) is 9.78 Å². The highest BCUT2D eigenvalue weighted by Crippen LogP contribution is 2.11. The number of nitrogens with zero attached hydrogens (tertiary/aromatic N) is 2. The third-order valence-electron chi connectivity index (χ3n) is 9.70. The van der Waals surface area contributed by atoms with Gasteiger partial charge in [-0.15, -0.1) is 11.3 Å². The molecule has 26 nitrogen and oxygen atoms in total. The van der Waals surface area contributed by atoms with Gasteiger partial charge in [0.25, 0.3) is 0 Å². The zero-order valence-corrected chi connectivity index (χ0v) is 40.1. The van der Waals surface area contributed by atoms with Crippen molar-refractivity contribution in [2.24, 2.45) is 39.6 Å². The fourth-order valence-corrected chi connectivity index (χ4v) is 7.36.